The Morgan fingerprint density at radius 2 is 1.80 bits per heavy atom. The third-order valence-corrected chi connectivity index (χ3v) is 2.98. The Labute approximate surface area is 116 Å². The predicted molar refractivity (Wildman–Crippen MR) is 78.4 cm³/mol. The van der Waals surface area contributed by atoms with Crippen molar-refractivity contribution in [3.05, 3.63) is 30.3 Å². The van der Waals surface area contributed by atoms with Gasteiger partial charge in [-0.05, 0) is 24.3 Å². The highest BCUT2D eigenvalue weighted by Gasteiger charge is 2.11. The van der Waals surface area contributed by atoms with Crippen LogP contribution in [0.3, 0.4) is 0 Å². The van der Waals surface area contributed by atoms with E-state index in [4.69, 9.17) is 20.9 Å². The van der Waals surface area contributed by atoms with Gasteiger partial charge in [0.15, 0.2) is 11.5 Å². The van der Waals surface area contributed by atoms with Crippen LogP contribution in [0, 0.1) is 0 Å². The Morgan fingerprint density at radius 3 is 2.60 bits per heavy atom. The second-order valence-electron chi connectivity index (χ2n) is 4.51. The maximum absolute atomic E-state index is 5.68. The van der Waals surface area contributed by atoms with Gasteiger partial charge in [-0.1, -0.05) is 0 Å². The van der Waals surface area contributed by atoms with Crippen molar-refractivity contribution in [2.24, 2.45) is 0 Å². The van der Waals surface area contributed by atoms with Crippen LogP contribution in [0.4, 0.5) is 23.0 Å². The van der Waals surface area contributed by atoms with Crippen LogP contribution in [0.5, 0.6) is 11.5 Å². The summed E-state index contributed by atoms with van der Waals surface area (Å²) in [5.74, 6) is 2.43. The molecule has 1 aromatic carbocycles. The Bertz CT molecular complexity index is 631. The molecule has 2 heterocycles. The number of aromatic nitrogens is 1. The van der Waals surface area contributed by atoms with Gasteiger partial charge in [-0.15, -0.1) is 0 Å². The van der Waals surface area contributed by atoms with Gasteiger partial charge >= 0.3 is 0 Å². The highest BCUT2D eigenvalue weighted by molar-refractivity contribution is 5.66. The van der Waals surface area contributed by atoms with Crippen LogP contribution < -0.4 is 26.3 Å². The fourth-order valence-electron chi connectivity index (χ4n) is 1.94. The van der Waals surface area contributed by atoms with E-state index in [1.165, 1.54) is 0 Å². The first kappa shape index (κ1) is 12.4. The fraction of sp³-hybridized carbons (Fsp3) is 0.214. The van der Waals surface area contributed by atoms with E-state index in [2.05, 4.69) is 10.3 Å². The summed E-state index contributed by atoms with van der Waals surface area (Å²) in [6, 6.07) is 9.16. The summed E-state index contributed by atoms with van der Waals surface area (Å²) in [4.78, 5) is 4.17. The van der Waals surface area contributed by atoms with E-state index < -0.39 is 0 Å². The number of benzene rings is 1. The number of rotatable bonds is 2. The molecule has 2 aromatic rings. The van der Waals surface area contributed by atoms with E-state index in [0.29, 0.717) is 30.5 Å². The maximum atomic E-state index is 5.68. The second-order valence-corrected chi connectivity index (χ2v) is 4.51. The molecule has 3 rings (SSSR count). The van der Waals surface area contributed by atoms with E-state index in [9.17, 15) is 0 Å². The third kappa shape index (κ3) is 2.54. The molecule has 104 valence electrons. The fourth-order valence-corrected chi connectivity index (χ4v) is 1.94. The third-order valence-electron chi connectivity index (χ3n) is 2.98. The number of hydrogen-bond acceptors (Lipinski definition) is 6. The van der Waals surface area contributed by atoms with E-state index in [0.717, 1.165) is 23.6 Å². The second kappa shape index (κ2) is 5.16. The quantitative estimate of drug-likeness (QED) is 0.775. The van der Waals surface area contributed by atoms with Gasteiger partial charge < -0.3 is 26.3 Å². The van der Waals surface area contributed by atoms with E-state index in [-0.39, 0.29) is 0 Å². The van der Waals surface area contributed by atoms with E-state index >= 15 is 0 Å². The van der Waals surface area contributed by atoms with Crippen molar-refractivity contribution in [3.63, 3.8) is 0 Å². The molecule has 1 aromatic heterocycles. The lowest BCUT2D eigenvalue weighted by molar-refractivity contribution is 0.297. The monoisotopic (exact) mass is 272 g/mol. The molecule has 20 heavy (non-hydrogen) atoms. The van der Waals surface area contributed by atoms with Crippen LogP contribution in [-0.2, 0) is 0 Å². The van der Waals surface area contributed by atoms with Gasteiger partial charge in [-0.3, -0.25) is 0 Å². The first-order valence-corrected chi connectivity index (χ1v) is 6.41. The average molecular weight is 272 g/mol. The van der Waals surface area contributed by atoms with Gasteiger partial charge in [0.2, 0.25) is 0 Å². The van der Waals surface area contributed by atoms with Crippen molar-refractivity contribution in [1.29, 1.82) is 0 Å². The zero-order valence-electron chi connectivity index (χ0n) is 10.9. The molecule has 0 aliphatic carbocycles. The summed E-state index contributed by atoms with van der Waals surface area (Å²) in [6.07, 6.45) is 0.882. The van der Waals surface area contributed by atoms with Crippen LogP contribution in [0.2, 0.25) is 0 Å². The van der Waals surface area contributed by atoms with Crippen molar-refractivity contribution >= 4 is 23.0 Å². The Hall–Kier alpha value is -2.63. The number of hydrogen-bond donors (Lipinski definition) is 3. The summed E-state index contributed by atoms with van der Waals surface area (Å²) in [6.45, 7) is 1.33. The summed E-state index contributed by atoms with van der Waals surface area (Å²) in [5.41, 5.74) is 12.6. The molecule has 0 spiro atoms. The Balaban J connectivity index is 1.83. The van der Waals surface area contributed by atoms with Crippen LogP contribution in [-0.4, -0.2) is 18.2 Å². The number of nitrogens with one attached hydrogen (secondary N) is 1. The lowest BCUT2D eigenvalue weighted by Gasteiger charge is -2.11. The van der Waals surface area contributed by atoms with Crippen molar-refractivity contribution in [3.8, 4) is 11.5 Å². The molecule has 0 radical (unpaired) electrons. The minimum absolute atomic E-state index is 0.310. The first-order valence-electron chi connectivity index (χ1n) is 6.41. The molecule has 0 amide bonds. The van der Waals surface area contributed by atoms with Gasteiger partial charge in [-0.25, -0.2) is 4.98 Å². The van der Waals surface area contributed by atoms with Crippen LogP contribution in [0.25, 0.3) is 0 Å². The van der Waals surface area contributed by atoms with Crippen molar-refractivity contribution in [2.45, 2.75) is 6.42 Å². The minimum atomic E-state index is 0.310. The number of fused-ring (bicyclic) bond motifs is 1. The molecule has 1 aliphatic rings. The number of nitrogens with two attached hydrogens (primary N) is 2. The summed E-state index contributed by atoms with van der Waals surface area (Å²) < 4.78 is 11.2. The van der Waals surface area contributed by atoms with Crippen molar-refractivity contribution in [1.82, 2.24) is 4.98 Å². The van der Waals surface area contributed by atoms with Crippen molar-refractivity contribution in [2.75, 3.05) is 30.0 Å². The predicted octanol–water partition coefficient (Wildman–Crippen LogP) is 2.15. The van der Waals surface area contributed by atoms with Gasteiger partial charge in [-0.2, -0.15) is 0 Å². The minimum Gasteiger partial charge on any atom is -0.490 e. The zero-order chi connectivity index (χ0) is 13.9. The summed E-state index contributed by atoms with van der Waals surface area (Å²) in [5, 5.41) is 3.16. The molecular weight excluding hydrogens is 256 g/mol. The van der Waals surface area contributed by atoms with Crippen LogP contribution in [0.1, 0.15) is 6.42 Å². The molecular formula is C14H16N4O2. The Morgan fingerprint density at radius 1 is 1.00 bits per heavy atom. The van der Waals surface area contributed by atoms with Gasteiger partial charge in [0.1, 0.15) is 11.6 Å². The van der Waals surface area contributed by atoms with Crippen molar-refractivity contribution < 1.29 is 9.47 Å². The average Bonchev–Trinajstić information content (AvgIpc) is 2.68. The SMILES string of the molecule is Nc1ccc(Nc2ccc3c(c2)OCCCO3)nc1N. The Kier molecular flexibility index (Phi) is 3.20. The van der Waals surface area contributed by atoms with Gasteiger partial charge in [0, 0.05) is 18.2 Å². The molecule has 6 nitrogen and oxygen atoms in total. The normalized spacial score (nSPS) is 13.6. The lowest BCUT2D eigenvalue weighted by Crippen LogP contribution is -2.01. The standard InChI is InChI=1S/C14H16N4O2/c15-10-3-5-13(18-14(10)16)17-9-2-4-11-12(8-9)20-7-1-6-19-11/h2-5,8H,1,6-7,15H2,(H3,16,17,18). The molecule has 0 atom stereocenters. The highest BCUT2D eigenvalue weighted by atomic mass is 16.5. The molecule has 6 heteroatoms. The van der Waals surface area contributed by atoms with Gasteiger partial charge in [0.25, 0.3) is 0 Å². The summed E-state index contributed by atoms with van der Waals surface area (Å²) in [7, 11) is 0. The van der Waals surface area contributed by atoms with E-state index in [1.54, 1.807) is 12.1 Å². The molecule has 0 bridgehead atoms. The van der Waals surface area contributed by atoms with Gasteiger partial charge in [0.05, 0.1) is 18.9 Å². The number of anilines is 4. The molecule has 0 fully saturated rings. The molecule has 0 saturated carbocycles. The first-order chi connectivity index (χ1) is 9.72. The number of pyridine rings is 1. The zero-order valence-corrected chi connectivity index (χ0v) is 10.9. The molecule has 1 aliphatic heterocycles. The smallest absolute Gasteiger partial charge is 0.163 e. The maximum Gasteiger partial charge on any atom is 0.163 e. The topological polar surface area (TPSA) is 95.4 Å². The van der Waals surface area contributed by atoms with Crippen LogP contribution >= 0.6 is 0 Å². The van der Waals surface area contributed by atoms with Crippen LogP contribution in [0.15, 0.2) is 30.3 Å². The molecule has 0 unspecified atom stereocenters. The number of nitrogen functional groups attached to an aromatic ring is 2. The number of ether oxygens (including phenoxy) is 2. The molecule has 5 N–H and O–H groups in total. The van der Waals surface area contributed by atoms with E-state index in [1.807, 2.05) is 18.2 Å². The lowest BCUT2D eigenvalue weighted by atomic mass is 10.2. The number of nitrogens with zero attached hydrogens (tertiary/aromatic N) is 1. The largest absolute Gasteiger partial charge is 0.490 e. The summed E-state index contributed by atoms with van der Waals surface area (Å²) >= 11 is 0. The highest BCUT2D eigenvalue weighted by Crippen LogP contribution is 2.33. The molecule has 0 saturated heterocycles.